The van der Waals surface area contributed by atoms with Crippen molar-refractivity contribution in [1.29, 1.82) is 5.41 Å². The van der Waals surface area contributed by atoms with Crippen molar-refractivity contribution in [3.8, 4) is 5.75 Å². The van der Waals surface area contributed by atoms with E-state index in [1.54, 1.807) is 7.11 Å². The third-order valence-corrected chi connectivity index (χ3v) is 2.85. The maximum atomic E-state index is 7.57. The summed E-state index contributed by atoms with van der Waals surface area (Å²) in [5.41, 5.74) is 7.15. The van der Waals surface area contributed by atoms with E-state index in [-0.39, 0.29) is 5.84 Å². The van der Waals surface area contributed by atoms with Crippen LogP contribution in [0.1, 0.15) is 22.8 Å². The molecule has 19 heavy (non-hydrogen) atoms. The van der Waals surface area contributed by atoms with E-state index in [4.69, 9.17) is 15.9 Å². The van der Waals surface area contributed by atoms with Gasteiger partial charge in [-0.15, -0.1) is 0 Å². The van der Waals surface area contributed by atoms with Gasteiger partial charge >= 0.3 is 0 Å². The minimum Gasteiger partial charge on any atom is -0.496 e. The maximum Gasteiger partial charge on any atom is 0.147 e. The lowest BCUT2D eigenvalue weighted by Gasteiger charge is -2.10. The Hall–Kier alpha value is -2.37. The summed E-state index contributed by atoms with van der Waals surface area (Å²) >= 11 is 0. The zero-order chi connectivity index (χ0) is 14.0. The molecule has 0 radical (unpaired) electrons. The maximum absolute atomic E-state index is 7.57. The van der Waals surface area contributed by atoms with E-state index in [2.05, 4.69) is 10.1 Å². The number of nitrogens with two attached hydrogens (primary N) is 1. The summed E-state index contributed by atoms with van der Waals surface area (Å²) in [6, 6.07) is 5.59. The fourth-order valence-electron chi connectivity index (χ4n) is 1.95. The average molecular weight is 259 g/mol. The molecule has 0 saturated carbocycles. The molecule has 6 heteroatoms. The molecule has 1 aromatic heterocycles. The molecule has 0 amide bonds. The molecule has 0 saturated heterocycles. The van der Waals surface area contributed by atoms with Gasteiger partial charge in [-0.05, 0) is 31.5 Å². The molecule has 100 valence electrons. The van der Waals surface area contributed by atoms with E-state index in [1.165, 1.54) is 0 Å². The fourth-order valence-corrected chi connectivity index (χ4v) is 1.95. The smallest absolute Gasteiger partial charge is 0.147 e. The molecule has 6 nitrogen and oxygen atoms in total. The number of nitrogens with zero attached hydrogens (tertiary/aromatic N) is 3. The van der Waals surface area contributed by atoms with Crippen LogP contribution in [0.25, 0.3) is 0 Å². The lowest BCUT2D eigenvalue weighted by atomic mass is 10.1. The molecular weight excluding hydrogens is 242 g/mol. The van der Waals surface area contributed by atoms with Crippen LogP contribution in [-0.2, 0) is 6.54 Å². The normalized spacial score (nSPS) is 10.5. The van der Waals surface area contributed by atoms with Crippen LogP contribution < -0.4 is 10.5 Å². The number of amidine groups is 1. The molecule has 1 aromatic carbocycles. The van der Waals surface area contributed by atoms with Gasteiger partial charge in [-0.1, -0.05) is 6.07 Å². The number of nitrogens with one attached hydrogen (secondary N) is 1. The molecule has 0 atom stereocenters. The van der Waals surface area contributed by atoms with E-state index in [0.717, 1.165) is 17.2 Å². The van der Waals surface area contributed by atoms with Crippen LogP contribution in [0.15, 0.2) is 18.2 Å². The van der Waals surface area contributed by atoms with E-state index in [9.17, 15) is 0 Å². The third kappa shape index (κ3) is 2.73. The number of ether oxygens (including phenoxy) is 1. The second kappa shape index (κ2) is 5.09. The molecular formula is C13H17N5O. The summed E-state index contributed by atoms with van der Waals surface area (Å²) in [6.45, 7) is 4.37. The number of aryl methyl sites for hydroxylation is 2. The van der Waals surface area contributed by atoms with Crippen LogP contribution in [0.5, 0.6) is 5.75 Å². The van der Waals surface area contributed by atoms with Crippen molar-refractivity contribution in [2.45, 2.75) is 20.4 Å². The molecule has 0 unspecified atom stereocenters. The highest BCUT2D eigenvalue weighted by Gasteiger charge is 2.09. The van der Waals surface area contributed by atoms with Gasteiger partial charge in [-0.2, -0.15) is 5.10 Å². The molecule has 0 fully saturated rings. The van der Waals surface area contributed by atoms with E-state index in [1.807, 2.05) is 36.7 Å². The zero-order valence-electron chi connectivity index (χ0n) is 11.3. The number of hydrogen-bond donors (Lipinski definition) is 2. The summed E-state index contributed by atoms with van der Waals surface area (Å²) < 4.78 is 7.00. The minimum atomic E-state index is -0.00908. The highest BCUT2D eigenvalue weighted by atomic mass is 16.5. The number of hydrogen-bond acceptors (Lipinski definition) is 4. The number of aromatic nitrogens is 3. The summed E-state index contributed by atoms with van der Waals surface area (Å²) in [7, 11) is 1.56. The van der Waals surface area contributed by atoms with Gasteiger partial charge < -0.3 is 10.5 Å². The Morgan fingerprint density at radius 1 is 1.42 bits per heavy atom. The highest BCUT2D eigenvalue weighted by molar-refractivity contribution is 5.97. The average Bonchev–Trinajstić information content (AvgIpc) is 2.67. The van der Waals surface area contributed by atoms with Gasteiger partial charge in [-0.25, -0.2) is 9.67 Å². The van der Waals surface area contributed by atoms with Crippen molar-refractivity contribution in [2.24, 2.45) is 5.73 Å². The quantitative estimate of drug-likeness (QED) is 0.638. The van der Waals surface area contributed by atoms with Gasteiger partial charge in [-0.3, -0.25) is 5.41 Å². The van der Waals surface area contributed by atoms with Crippen LogP contribution in [0.2, 0.25) is 0 Å². The van der Waals surface area contributed by atoms with Crippen LogP contribution in [0, 0.1) is 19.3 Å². The Morgan fingerprint density at radius 2 is 2.16 bits per heavy atom. The molecule has 0 aliphatic rings. The topological polar surface area (TPSA) is 89.8 Å². The van der Waals surface area contributed by atoms with E-state index < -0.39 is 0 Å². The summed E-state index contributed by atoms with van der Waals surface area (Å²) in [5.74, 6) is 2.20. The van der Waals surface area contributed by atoms with Crippen molar-refractivity contribution < 1.29 is 4.74 Å². The highest BCUT2D eigenvalue weighted by Crippen LogP contribution is 2.20. The van der Waals surface area contributed by atoms with E-state index in [0.29, 0.717) is 17.9 Å². The second-order valence-corrected chi connectivity index (χ2v) is 4.31. The zero-order valence-corrected chi connectivity index (χ0v) is 11.3. The number of nitrogen functional groups attached to an aromatic ring is 1. The van der Waals surface area contributed by atoms with Gasteiger partial charge in [0.2, 0.25) is 0 Å². The predicted molar refractivity (Wildman–Crippen MR) is 72.6 cm³/mol. The Balaban J connectivity index is 2.33. The van der Waals surface area contributed by atoms with Gasteiger partial charge in [0.05, 0.1) is 19.2 Å². The van der Waals surface area contributed by atoms with Gasteiger partial charge in [0.25, 0.3) is 0 Å². The number of methoxy groups -OCH3 is 1. The first-order valence-corrected chi connectivity index (χ1v) is 5.90. The molecule has 3 N–H and O–H groups in total. The number of rotatable bonds is 4. The Kier molecular flexibility index (Phi) is 3.50. The summed E-state index contributed by atoms with van der Waals surface area (Å²) in [6.07, 6.45) is 0. The van der Waals surface area contributed by atoms with Crippen LogP contribution in [0.4, 0.5) is 0 Å². The van der Waals surface area contributed by atoms with Crippen LogP contribution >= 0.6 is 0 Å². The molecule has 2 aromatic rings. The molecule has 0 spiro atoms. The first kappa shape index (κ1) is 13.1. The minimum absolute atomic E-state index is 0.00908. The van der Waals surface area contributed by atoms with Crippen molar-refractivity contribution in [3.05, 3.63) is 41.0 Å². The number of benzene rings is 1. The first-order chi connectivity index (χ1) is 9.01. The lowest BCUT2D eigenvalue weighted by molar-refractivity contribution is 0.413. The van der Waals surface area contributed by atoms with Gasteiger partial charge in [0.15, 0.2) is 0 Å². The van der Waals surface area contributed by atoms with Gasteiger partial charge in [0.1, 0.15) is 23.2 Å². The second-order valence-electron chi connectivity index (χ2n) is 4.31. The molecule has 1 heterocycles. The molecule has 2 rings (SSSR count). The molecule has 0 aliphatic heterocycles. The van der Waals surface area contributed by atoms with Crippen molar-refractivity contribution in [1.82, 2.24) is 14.8 Å². The van der Waals surface area contributed by atoms with Crippen LogP contribution in [-0.4, -0.2) is 27.7 Å². The van der Waals surface area contributed by atoms with Crippen molar-refractivity contribution in [3.63, 3.8) is 0 Å². The van der Waals surface area contributed by atoms with E-state index >= 15 is 0 Å². The van der Waals surface area contributed by atoms with Crippen LogP contribution in [0.3, 0.4) is 0 Å². The Labute approximate surface area is 111 Å². The molecule has 0 bridgehead atoms. The largest absolute Gasteiger partial charge is 0.496 e. The van der Waals surface area contributed by atoms with Gasteiger partial charge in [0, 0.05) is 0 Å². The van der Waals surface area contributed by atoms with Crippen molar-refractivity contribution in [2.75, 3.05) is 7.11 Å². The summed E-state index contributed by atoms with van der Waals surface area (Å²) in [5, 5.41) is 11.9. The Bertz CT molecular complexity index is 617. The molecule has 0 aliphatic carbocycles. The monoisotopic (exact) mass is 259 g/mol. The standard InChI is InChI=1S/C13H17N5O/c1-8-16-9(2)18(17-8)7-10-4-5-12(19-3)11(6-10)13(14)15/h4-6H,7H2,1-3H3,(H3,14,15). The Morgan fingerprint density at radius 3 is 2.68 bits per heavy atom. The fraction of sp³-hybridized carbons (Fsp3) is 0.308. The lowest BCUT2D eigenvalue weighted by Crippen LogP contribution is -2.13. The van der Waals surface area contributed by atoms with Crippen molar-refractivity contribution >= 4 is 5.84 Å². The third-order valence-electron chi connectivity index (χ3n) is 2.85. The summed E-state index contributed by atoms with van der Waals surface area (Å²) in [4.78, 5) is 4.26. The predicted octanol–water partition coefficient (Wildman–Crippen LogP) is 1.24. The SMILES string of the molecule is COc1ccc(Cn2nc(C)nc2C)cc1C(=N)N. The first-order valence-electron chi connectivity index (χ1n) is 5.90.